The number of aromatic nitrogens is 1. The lowest BCUT2D eigenvalue weighted by Gasteiger charge is -2.33. The van der Waals surface area contributed by atoms with Crippen LogP contribution in [-0.4, -0.2) is 53.3 Å². The van der Waals surface area contributed by atoms with Gasteiger partial charge >= 0.3 is 12.2 Å². The second kappa shape index (κ2) is 11.2. The number of nitrogens with zero attached hydrogens (tertiary/aromatic N) is 2. The Kier molecular flexibility index (Phi) is 8.33. The lowest BCUT2D eigenvalue weighted by atomic mass is 9.98. The van der Waals surface area contributed by atoms with Crippen molar-refractivity contribution >= 4 is 41.2 Å². The number of rotatable bonds is 5. The minimum atomic E-state index is -0.653. The minimum Gasteiger partial charge on any atom is -0.449 e. The highest BCUT2D eigenvalue weighted by atomic mass is 35.5. The molecule has 0 spiro atoms. The molecule has 182 valence electrons. The van der Waals surface area contributed by atoms with Crippen LogP contribution < -0.4 is 10.6 Å². The minimum absolute atomic E-state index is 0.138. The fraction of sp³-hybridized carbons (Fsp3) is 0.417. The summed E-state index contributed by atoms with van der Waals surface area (Å²) in [7, 11) is 0. The van der Waals surface area contributed by atoms with E-state index in [0.717, 1.165) is 0 Å². The fourth-order valence-corrected chi connectivity index (χ4v) is 3.48. The van der Waals surface area contributed by atoms with Crippen LogP contribution in [0.3, 0.4) is 0 Å². The lowest BCUT2D eigenvalue weighted by molar-refractivity contribution is 0.0152. The summed E-state index contributed by atoms with van der Waals surface area (Å²) in [5.41, 5.74) is 0.0498. The number of hydrogen-bond acceptors (Lipinski definition) is 6. The number of pyridine rings is 1. The van der Waals surface area contributed by atoms with E-state index in [1.54, 1.807) is 41.3 Å². The Labute approximate surface area is 203 Å². The summed E-state index contributed by atoms with van der Waals surface area (Å²) in [5.74, 6) is 0.0451. The van der Waals surface area contributed by atoms with Crippen LogP contribution in [0.25, 0.3) is 0 Å². The summed E-state index contributed by atoms with van der Waals surface area (Å²) in [4.78, 5) is 42.9. The van der Waals surface area contributed by atoms with Gasteiger partial charge in [-0.05, 0) is 63.8 Å². The van der Waals surface area contributed by atoms with Gasteiger partial charge in [0.05, 0.1) is 22.9 Å². The molecular formula is C24H29ClN4O5. The normalized spacial score (nSPS) is 14.3. The zero-order valence-corrected chi connectivity index (χ0v) is 20.2. The third-order valence-corrected chi connectivity index (χ3v) is 5.32. The van der Waals surface area contributed by atoms with Gasteiger partial charge in [0, 0.05) is 19.3 Å². The van der Waals surface area contributed by atoms with Crippen LogP contribution in [0.15, 0.2) is 42.6 Å². The van der Waals surface area contributed by atoms with Gasteiger partial charge < -0.3 is 19.7 Å². The van der Waals surface area contributed by atoms with Crippen molar-refractivity contribution < 1.29 is 23.9 Å². The van der Waals surface area contributed by atoms with E-state index < -0.39 is 17.6 Å². The molecule has 2 heterocycles. The zero-order chi connectivity index (χ0) is 24.7. The number of carbonyl (C=O) groups excluding carboxylic acids is 3. The van der Waals surface area contributed by atoms with Crippen LogP contribution in [0.1, 0.15) is 44.0 Å². The maximum Gasteiger partial charge on any atom is 0.411 e. The van der Waals surface area contributed by atoms with E-state index >= 15 is 0 Å². The van der Waals surface area contributed by atoms with Gasteiger partial charge in [-0.15, -0.1) is 0 Å². The van der Waals surface area contributed by atoms with Gasteiger partial charge in [-0.2, -0.15) is 0 Å². The summed E-state index contributed by atoms with van der Waals surface area (Å²) in [5, 5.41) is 5.75. The average molecular weight is 489 g/mol. The number of amides is 3. The monoisotopic (exact) mass is 488 g/mol. The highest BCUT2D eigenvalue weighted by Gasteiger charge is 2.27. The van der Waals surface area contributed by atoms with E-state index in [4.69, 9.17) is 21.1 Å². The lowest BCUT2D eigenvalue weighted by Crippen LogP contribution is -2.42. The molecule has 0 unspecified atom stereocenters. The number of ether oxygens (including phenoxy) is 2. The van der Waals surface area contributed by atoms with E-state index in [0.29, 0.717) is 42.5 Å². The molecule has 0 radical (unpaired) electrons. The Morgan fingerprint density at radius 3 is 2.44 bits per heavy atom. The third kappa shape index (κ3) is 7.62. The summed E-state index contributed by atoms with van der Waals surface area (Å²) in [6, 6.07) is 9.80. The number of likely N-dealkylation sites (tertiary alicyclic amines) is 1. The molecular weight excluding hydrogens is 460 g/mol. The first kappa shape index (κ1) is 25.3. The molecule has 3 rings (SSSR count). The molecule has 0 atom stereocenters. The number of halogens is 1. The molecule has 9 nitrogen and oxygen atoms in total. The molecule has 1 aliphatic rings. The summed E-state index contributed by atoms with van der Waals surface area (Å²) in [6.07, 6.45) is 1.86. The van der Waals surface area contributed by atoms with Crippen LogP contribution in [-0.2, 0) is 9.47 Å². The van der Waals surface area contributed by atoms with Crippen molar-refractivity contribution in [2.75, 3.05) is 30.3 Å². The van der Waals surface area contributed by atoms with Crippen molar-refractivity contribution in [3.8, 4) is 0 Å². The van der Waals surface area contributed by atoms with Crippen molar-refractivity contribution in [1.82, 2.24) is 9.88 Å². The van der Waals surface area contributed by atoms with Crippen molar-refractivity contribution in [2.45, 2.75) is 39.2 Å². The first-order valence-electron chi connectivity index (χ1n) is 11.0. The first-order valence-corrected chi connectivity index (χ1v) is 11.4. The third-order valence-electron chi connectivity index (χ3n) is 5.09. The van der Waals surface area contributed by atoms with E-state index in [1.165, 1.54) is 6.20 Å². The number of anilines is 2. The van der Waals surface area contributed by atoms with Gasteiger partial charge in [0.2, 0.25) is 0 Å². The topological polar surface area (TPSA) is 110 Å². The van der Waals surface area contributed by atoms with Gasteiger partial charge in [0.25, 0.3) is 5.91 Å². The molecule has 34 heavy (non-hydrogen) atoms. The molecule has 1 saturated heterocycles. The van der Waals surface area contributed by atoms with Crippen LogP contribution in [0.4, 0.5) is 21.1 Å². The molecule has 1 aliphatic heterocycles. The molecule has 3 amide bonds. The summed E-state index contributed by atoms with van der Waals surface area (Å²) < 4.78 is 10.8. The number of nitrogens with one attached hydrogen (secondary N) is 2. The number of benzene rings is 1. The molecule has 1 aromatic heterocycles. The summed E-state index contributed by atoms with van der Waals surface area (Å²) in [6.45, 7) is 6.82. The second-order valence-corrected chi connectivity index (χ2v) is 9.43. The van der Waals surface area contributed by atoms with Gasteiger partial charge in [0.15, 0.2) is 0 Å². The van der Waals surface area contributed by atoms with Crippen molar-refractivity contribution in [2.24, 2.45) is 5.92 Å². The van der Waals surface area contributed by atoms with Gasteiger partial charge in [-0.25, -0.2) is 14.6 Å². The fourth-order valence-electron chi connectivity index (χ4n) is 3.37. The van der Waals surface area contributed by atoms with E-state index in [9.17, 15) is 14.4 Å². The Balaban J connectivity index is 1.48. The summed E-state index contributed by atoms with van der Waals surface area (Å²) >= 11 is 5.82. The smallest absolute Gasteiger partial charge is 0.411 e. The maximum atomic E-state index is 12.7. The number of piperidine rings is 1. The Morgan fingerprint density at radius 1 is 1.09 bits per heavy atom. The van der Waals surface area contributed by atoms with Gasteiger partial charge in [-0.3, -0.25) is 10.1 Å². The predicted molar refractivity (Wildman–Crippen MR) is 129 cm³/mol. The quantitative estimate of drug-likeness (QED) is 0.599. The van der Waals surface area contributed by atoms with Gasteiger partial charge in [0.1, 0.15) is 11.4 Å². The Hall–Kier alpha value is -3.33. The van der Waals surface area contributed by atoms with Crippen LogP contribution >= 0.6 is 11.6 Å². The van der Waals surface area contributed by atoms with Crippen LogP contribution in [0.2, 0.25) is 5.02 Å². The second-order valence-electron chi connectivity index (χ2n) is 9.00. The van der Waals surface area contributed by atoms with Crippen molar-refractivity contribution in [1.29, 1.82) is 0 Å². The number of hydrogen-bond donors (Lipinski definition) is 2. The molecule has 0 bridgehead atoms. The van der Waals surface area contributed by atoms with Crippen LogP contribution in [0, 0.1) is 5.92 Å². The average Bonchev–Trinajstić information content (AvgIpc) is 2.79. The molecule has 10 heteroatoms. The Bertz CT molecular complexity index is 1010. The largest absolute Gasteiger partial charge is 0.449 e. The van der Waals surface area contributed by atoms with Gasteiger partial charge in [-0.1, -0.05) is 23.7 Å². The highest BCUT2D eigenvalue weighted by molar-refractivity contribution is 6.30. The first-order chi connectivity index (χ1) is 16.1. The van der Waals surface area contributed by atoms with Crippen molar-refractivity contribution in [3.63, 3.8) is 0 Å². The molecule has 0 aliphatic carbocycles. The molecule has 2 N–H and O–H groups in total. The molecule has 1 aromatic carbocycles. The predicted octanol–water partition coefficient (Wildman–Crippen LogP) is 5.18. The molecule has 0 saturated carbocycles. The number of para-hydroxylation sites is 1. The van der Waals surface area contributed by atoms with Crippen LogP contribution in [0.5, 0.6) is 0 Å². The SMILES string of the molecule is CC(C)(C)OC(=O)N1CCC(COC(=O)Nc2ccccc2C(=O)Nc2ccc(Cl)cn2)CC1. The zero-order valence-electron chi connectivity index (χ0n) is 19.5. The molecule has 2 aromatic rings. The maximum absolute atomic E-state index is 12.7. The molecule has 1 fully saturated rings. The number of carbonyl (C=O) groups is 3. The van der Waals surface area contributed by atoms with E-state index in [2.05, 4.69) is 15.6 Å². The Morgan fingerprint density at radius 2 is 1.79 bits per heavy atom. The van der Waals surface area contributed by atoms with Crippen molar-refractivity contribution in [3.05, 3.63) is 53.2 Å². The standard InChI is InChI=1S/C24H29ClN4O5/c1-24(2,3)34-23(32)29-12-10-16(11-13-29)15-33-22(31)27-19-7-5-4-6-18(19)21(30)28-20-9-8-17(25)14-26-20/h4-9,14,16H,10-13,15H2,1-3H3,(H,27,31)(H,26,28,30). The highest BCUT2D eigenvalue weighted by Crippen LogP contribution is 2.21. The van der Waals surface area contributed by atoms with E-state index in [1.807, 2.05) is 20.8 Å². The van der Waals surface area contributed by atoms with E-state index in [-0.39, 0.29) is 24.2 Å².